The quantitative estimate of drug-likeness (QED) is 0.0189. The number of ether oxygens (including phenoxy) is 3. The minimum absolute atomic E-state index is 0.0766. The zero-order valence-electron chi connectivity index (χ0n) is 51.1. The molecular weight excluding hydrogens is 1070 g/mol. The Bertz CT molecular complexity index is 1640. The van der Waals surface area contributed by atoms with E-state index in [-0.39, 0.29) is 19.3 Å². The molecule has 0 aliphatic heterocycles. The molecule has 0 aliphatic rings. The van der Waals surface area contributed by atoms with Crippen molar-refractivity contribution < 1.29 is 75.8 Å². The molecule has 3 unspecified atom stereocenters. The fraction of sp³-hybridized carbons (Fsp3) is 0.857. The summed E-state index contributed by atoms with van der Waals surface area (Å²) in [5.41, 5.74) is 0. The highest BCUT2D eigenvalue weighted by Crippen LogP contribution is 2.40. The van der Waals surface area contributed by atoms with Crippen LogP contribution in [0.1, 0.15) is 290 Å². The van der Waals surface area contributed by atoms with E-state index >= 15 is 0 Å². The van der Waals surface area contributed by atoms with Gasteiger partial charge in [-0.05, 0) is 96.3 Å². The number of aliphatic hydroxyl groups is 2. The van der Waals surface area contributed by atoms with Gasteiger partial charge < -0.3 is 52.3 Å². The molecule has 0 radical (unpaired) electrons. The standard InChI is InChI=1S/C63H118O16P2/c1-4-7-10-13-16-19-22-25-28-31-34-37-40-43-46-49-61(66)73-52-58(64)53-75-80(69,70)76-54-59(65)55-77-81(71,72)78-57-60(79-63(68)51-48-45-42-39-36-33-30-27-24-21-18-15-12-9-6-3)56-74-62(67)50-47-44-41-38-35-32-29-26-23-20-17-14-11-8-5-2/h25-30,58-60,64-65H,4-24,31-57H2,1-3H3,(H,69,70)(H,71,72)/p-2/b28-25-,29-26-,30-27-/t58-,59?,60-/m1/s1. The van der Waals surface area contributed by atoms with E-state index in [4.69, 9.17) is 23.3 Å². The zero-order valence-corrected chi connectivity index (χ0v) is 52.9. The number of rotatable bonds is 62. The topological polar surface area (TPSA) is 237 Å². The van der Waals surface area contributed by atoms with Crippen molar-refractivity contribution in [3.63, 3.8) is 0 Å². The number of phosphoric acid groups is 2. The maximum absolute atomic E-state index is 12.9. The Morgan fingerprint density at radius 1 is 0.346 bits per heavy atom. The first kappa shape index (κ1) is 78.8. The third-order valence-corrected chi connectivity index (χ3v) is 15.6. The number of hydrogen-bond acceptors (Lipinski definition) is 16. The van der Waals surface area contributed by atoms with Gasteiger partial charge >= 0.3 is 17.9 Å². The van der Waals surface area contributed by atoms with Crippen molar-refractivity contribution in [3.05, 3.63) is 36.5 Å². The summed E-state index contributed by atoms with van der Waals surface area (Å²) in [6.07, 6.45) is 52.9. The van der Waals surface area contributed by atoms with Gasteiger partial charge in [0.05, 0.1) is 26.4 Å². The highest BCUT2D eigenvalue weighted by Gasteiger charge is 2.23. The summed E-state index contributed by atoms with van der Waals surface area (Å²) < 4.78 is 59.9. The molecule has 0 amide bonds. The Morgan fingerprint density at radius 2 is 0.593 bits per heavy atom. The van der Waals surface area contributed by atoms with Crippen LogP contribution in [-0.4, -0.2) is 86.1 Å². The van der Waals surface area contributed by atoms with Crippen molar-refractivity contribution in [1.29, 1.82) is 0 Å². The third-order valence-electron chi connectivity index (χ3n) is 13.8. The summed E-state index contributed by atoms with van der Waals surface area (Å²) in [6.45, 7) is 2.25. The average Bonchev–Trinajstić information content (AvgIpc) is 3.45. The van der Waals surface area contributed by atoms with E-state index in [0.717, 1.165) is 116 Å². The maximum Gasteiger partial charge on any atom is 0.306 e. The minimum atomic E-state index is -5.18. The summed E-state index contributed by atoms with van der Waals surface area (Å²) in [6, 6.07) is 0. The molecule has 0 heterocycles. The lowest BCUT2D eigenvalue weighted by Crippen LogP contribution is -2.31. The van der Waals surface area contributed by atoms with Gasteiger partial charge in [0.25, 0.3) is 15.6 Å². The molecule has 0 aromatic rings. The van der Waals surface area contributed by atoms with Crippen molar-refractivity contribution >= 4 is 33.6 Å². The SMILES string of the molecule is CCCCCCCC/C=C\CCCCCCCC(=O)OC[C@@H](O)COP(=O)([O-])OCC(O)COP(=O)([O-])OC[C@@H](COC(=O)CCCCCCC/C=C\CCCCCCCC)OC(=O)CCCCCCC/C=C\CCCCCCCC. The van der Waals surface area contributed by atoms with Crippen LogP contribution in [0.5, 0.6) is 0 Å². The van der Waals surface area contributed by atoms with Gasteiger partial charge in [0, 0.05) is 19.3 Å². The lowest BCUT2D eigenvalue weighted by atomic mass is 10.1. The number of esters is 3. The van der Waals surface area contributed by atoms with E-state index in [1.54, 1.807) is 0 Å². The summed E-state index contributed by atoms with van der Waals surface area (Å²) in [5, 5.41) is 20.4. The van der Waals surface area contributed by atoms with Gasteiger partial charge in [-0.1, -0.05) is 211 Å². The summed E-state index contributed by atoms with van der Waals surface area (Å²) in [7, 11) is -10.3. The number of allylic oxidation sites excluding steroid dienone is 6. The molecule has 0 fully saturated rings. The van der Waals surface area contributed by atoms with E-state index in [9.17, 15) is 43.5 Å². The third kappa shape index (κ3) is 59.3. The van der Waals surface area contributed by atoms with Gasteiger partial charge in [0.2, 0.25) is 0 Å². The van der Waals surface area contributed by atoms with E-state index in [2.05, 4.69) is 66.3 Å². The number of carbonyl (C=O) groups excluding carboxylic acids is 3. The summed E-state index contributed by atoms with van der Waals surface area (Å²) in [4.78, 5) is 62.7. The second-order valence-corrected chi connectivity index (χ2v) is 24.7. The Balaban J connectivity index is 4.71. The maximum atomic E-state index is 12.9. The van der Waals surface area contributed by atoms with Crippen LogP contribution in [0.25, 0.3) is 0 Å². The van der Waals surface area contributed by atoms with Crippen molar-refractivity contribution in [2.24, 2.45) is 0 Å². The van der Waals surface area contributed by atoms with Crippen LogP contribution in [0.4, 0.5) is 0 Å². The lowest BCUT2D eigenvalue weighted by Gasteiger charge is -2.27. The average molecular weight is 1190 g/mol. The minimum Gasteiger partial charge on any atom is -0.756 e. The molecule has 476 valence electrons. The van der Waals surface area contributed by atoms with Gasteiger partial charge in [-0.3, -0.25) is 23.5 Å². The monoisotopic (exact) mass is 1190 g/mol. The van der Waals surface area contributed by atoms with E-state index in [1.165, 1.54) is 116 Å². The zero-order chi connectivity index (χ0) is 59.6. The lowest BCUT2D eigenvalue weighted by molar-refractivity contribution is -0.233. The Hall–Kier alpha value is -2.23. The van der Waals surface area contributed by atoms with E-state index < -0.39 is 91.5 Å². The molecule has 0 aliphatic carbocycles. The van der Waals surface area contributed by atoms with Gasteiger partial charge in [-0.15, -0.1) is 0 Å². The van der Waals surface area contributed by atoms with Crippen LogP contribution >= 0.6 is 15.6 Å². The molecular formula is C63H116O16P2-2. The van der Waals surface area contributed by atoms with Crippen LogP contribution in [0.15, 0.2) is 36.5 Å². The molecule has 0 spiro atoms. The number of carbonyl (C=O) groups is 3. The Kier molecular flexibility index (Phi) is 56.6. The molecule has 0 saturated carbocycles. The van der Waals surface area contributed by atoms with Crippen molar-refractivity contribution in [2.75, 3.05) is 39.6 Å². The normalized spacial score (nSPS) is 14.6. The van der Waals surface area contributed by atoms with Crippen molar-refractivity contribution in [1.82, 2.24) is 0 Å². The van der Waals surface area contributed by atoms with Crippen LogP contribution in [0, 0.1) is 0 Å². The first-order chi connectivity index (χ1) is 39.2. The molecule has 0 bridgehead atoms. The highest BCUT2D eigenvalue weighted by atomic mass is 31.2. The smallest absolute Gasteiger partial charge is 0.306 e. The second-order valence-electron chi connectivity index (χ2n) is 21.9. The number of hydrogen-bond donors (Lipinski definition) is 2. The second kappa shape index (κ2) is 58.2. The Labute approximate surface area is 492 Å². The van der Waals surface area contributed by atoms with Crippen LogP contribution < -0.4 is 9.79 Å². The van der Waals surface area contributed by atoms with Crippen molar-refractivity contribution in [2.45, 2.75) is 309 Å². The highest BCUT2D eigenvalue weighted by molar-refractivity contribution is 7.46. The van der Waals surface area contributed by atoms with Gasteiger partial charge in [0.1, 0.15) is 25.4 Å². The first-order valence-corrected chi connectivity index (χ1v) is 35.2. The number of phosphoric ester groups is 2. The predicted molar refractivity (Wildman–Crippen MR) is 321 cm³/mol. The number of aliphatic hydroxyl groups excluding tert-OH is 2. The predicted octanol–water partition coefficient (Wildman–Crippen LogP) is 15.8. The Morgan fingerprint density at radius 3 is 0.914 bits per heavy atom. The summed E-state index contributed by atoms with van der Waals surface area (Å²) >= 11 is 0. The molecule has 0 rings (SSSR count). The van der Waals surface area contributed by atoms with E-state index in [1.807, 2.05) is 0 Å². The van der Waals surface area contributed by atoms with Gasteiger partial charge in [0.15, 0.2) is 6.10 Å². The molecule has 18 heteroatoms. The fourth-order valence-electron chi connectivity index (χ4n) is 8.78. The van der Waals surface area contributed by atoms with Gasteiger partial charge in [-0.25, -0.2) is 0 Å². The largest absolute Gasteiger partial charge is 0.756 e. The van der Waals surface area contributed by atoms with Crippen LogP contribution in [0.2, 0.25) is 0 Å². The first-order valence-electron chi connectivity index (χ1n) is 32.3. The summed E-state index contributed by atoms with van der Waals surface area (Å²) in [5.74, 6) is -1.66. The van der Waals surface area contributed by atoms with Crippen molar-refractivity contribution in [3.8, 4) is 0 Å². The van der Waals surface area contributed by atoms with Gasteiger partial charge in [-0.2, -0.15) is 0 Å². The van der Waals surface area contributed by atoms with Crippen LogP contribution in [0.3, 0.4) is 0 Å². The molecule has 5 atom stereocenters. The van der Waals surface area contributed by atoms with E-state index in [0.29, 0.717) is 19.3 Å². The molecule has 0 saturated heterocycles. The fourth-order valence-corrected chi connectivity index (χ4v) is 10.3. The molecule has 0 aromatic heterocycles. The molecule has 81 heavy (non-hydrogen) atoms. The van der Waals surface area contributed by atoms with Crippen LogP contribution in [-0.2, 0) is 55.8 Å². The molecule has 2 N–H and O–H groups in total. The molecule has 0 aromatic carbocycles. The molecule has 16 nitrogen and oxygen atoms in total. The number of unbranched alkanes of at least 4 members (excludes halogenated alkanes) is 33.